The Bertz CT molecular complexity index is 856. The smallest absolute Gasteiger partial charge is 0.222 e. The van der Waals surface area contributed by atoms with Crippen molar-refractivity contribution >= 4 is 10.9 Å². The molecule has 1 aliphatic heterocycles. The van der Waals surface area contributed by atoms with E-state index in [1.54, 1.807) is 6.33 Å². The number of fused-ring (bicyclic) bond motifs is 1. The summed E-state index contributed by atoms with van der Waals surface area (Å²) in [7, 11) is 2.03. The first-order valence-electron chi connectivity index (χ1n) is 8.63. The van der Waals surface area contributed by atoms with Crippen LogP contribution in [-0.2, 0) is 18.3 Å². The highest BCUT2D eigenvalue weighted by Crippen LogP contribution is 2.25. The lowest BCUT2D eigenvalue weighted by Gasteiger charge is -2.23. The zero-order valence-corrected chi connectivity index (χ0v) is 14.3. The third-order valence-corrected chi connectivity index (χ3v) is 4.57. The lowest BCUT2D eigenvalue weighted by molar-refractivity contribution is 0.0775. The van der Waals surface area contributed by atoms with Gasteiger partial charge in [0.15, 0.2) is 0 Å². The molecule has 0 radical (unpaired) electrons. The second-order valence-electron chi connectivity index (χ2n) is 6.36. The van der Waals surface area contributed by atoms with Crippen molar-refractivity contribution in [3.63, 3.8) is 0 Å². The van der Waals surface area contributed by atoms with Crippen LogP contribution in [0.2, 0.25) is 0 Å². The highest BCUT2D eigenvalue weighted by atomic mass is 16.5. The second kappa shape index (κ2) is 7.21. The van der Waals surface area contributed by atoms with Crippen molar-refractivity contribution in [3.8, 4) is 11.6 Å². The van der Waals surface area contributed by atoms with Gasteiger partial charge in [-0.1, -0.05) is 0 Å². The molecule has 0 unspecified atom stereocenters. The first kappa shape index (κ1) is 16.1. The largest absolute Gasteiger partial charge is 0.439 e. The summed E-state index contributed by atoms with van der Waals surface area (Å²) in [5, 5.41) is 4.68. The second-order valence-corrected chi connectivity index (χ2v) is 6.36. The molecular weight excluding hydrogens is 316 g/mol. The molecule has 1 fully saturated rings. The Morgan fingerprint density at radius 3 is 2.96 bits per heavy atom. The monoisotopic (exact) mass is 338 g/mol. The fourth-order valence-electron chi connectivity index (χ4n) is 3.12. The topological polar surface area (TPSA) is 61.2 Å². The van der Waals surface area contributed by atoms with Crippen molar-refractivity contribution in [2.45, 2.75) is 25.4 Å². The summed E-state index contributed by atoms with van der Waals surface area (Å²) >= 11 is 0. The Kier molecular flexibility index (Phi) is 4.63. The van der Waals surface area contributed by atoms with Crippen molar-refractivity contribution in [3.05, 3.63) is 48.5 Å². The zero-order chi connectivity index (χ0) is 17.1. The fraction of sp³-hybridized carbons (Fsp3) is 0.368. The molecule has 25 heavy (non-hydrogen) atoms. The van der Waals surface area contributed by atoms with Crippen LogP contribution in [0.3, 0.4) is 0 Å². The summed E-state index contributed by atoms with van der Waals surface area (Å²) in [5.41, 5.74) is 2.11. The average Bonchev–Trinajstić information content (AvgIpc) is 3.02. The summed E-state index contributed by atoms with van der Waals surface area (Å²) in [6, 6.07) is 10.5. The molecule has 0 amide bonds. The number of rotatable bonds is 5. The van der Waals surface area contributed by atoms with E-state index in [4.69, 9.17) is 9.47 Å². The minimum absolute atomic E-state index is 0.494. The average molecular weight is 338 g/mol. The Hall–Kier alpha value is -2.44. The Labute approximate surface area is 146 Å². The first-order chi connectivity index (χ1) is 12.3. The number of nitrogens with zero attached hydrogens (tertiary/aromatic N) is 3. The number of aryl methyl sites for hydroxylation is 1. The molecule has 0 atom stereocenters. The van der Waals surface area contributed by atoms with Gasteiger partial charge in [-0.2, -0.15) is 0 Å². The first-order valence-corrected chi connectivity index (χ1v) is 8.63. The van der Waals surface area contributed by atoms with Crippen molar-refractivity contribution in [1.29, 1.82) is 0 Å². The van der Waals surface area contributed by atoms with Gasteiger partial charge in [-0.3, -0.25) is 0 Å². The summed E-state index contributed by atoms with van der Waals surface area (Å²) in [6.45, 7) is 2.37. The highest BCUT2D eigenvalue weighted by Gasteiger charge is 2.13. The lowest BCUT2D eigenvalue weighted by atomic mass is 10.1. The van der Waals surface area contributed by atoms with Crippen LogP contribution in [-0.4, -0.2) is 33.8 Å². The molecule has 0 aliphatic carbocycles. The lowest BCUT2D eigenvalue weighted by Crippen LogP contribution is -2.34. The van der Waals surface area contributed by atoms with Gasteiger partial charge < -0.3 is 19.4 Å². The van der Waals surface area contributed by atoms with Gasteiger partial charge in [0.25, 0.3) is 0 Å². The van der Waals surface area contributed by atoms with Gasteiger partial charge in [0.1, 0.15) is 12.1 Å². The van der Waals surface area contributed by atoms with E-state index in [2.05, 4.69) is 32.0 Å². The molecule has 1 aromatic carbocycles. The Balaban J connectivity index is 1.43. The van der Waals surface area contributed by atoms with E-state index in [1.807, 2.05) is 31.4 Å². The molecule has 6 heteroatoms. The molecule has 130 valence electrons. The number of benzene rings is 1. The normalized spacial score (nSPS) is 15.6. The van der Waals surface area contributed by atoms with E-state index < -0.39 is 0 Å². The van der Waals surface area contributed by atoms with Crippen molar-refractivity contribution in [1.82, 2.24) is 19.9 Å². The third kappa shape index (κ3) is 3.81. The summed E-state index contributed by atoms with van der Waals surface area (Å²) in [6.07, 6.45) is 5.69. The summed E-state index contributed by atoms with van der Waals surface area (Å²) < 4.78 is 13.4. The fourth-order valence-corrected chi connectivity index (χ4v) is 3.12. The van der Waals surface area contributed by atoms with Crippen molar-refractivity contribution < 1.29 is 9.47 Å². The molecule has 0 bridgehead atoms. The van der Waals surface area contributed by atoms with Crippen LogP contribution in [0.15, 0.2) is 42.9 Å². The molecule has 4 rings (SSSR count). The van der Waals surface area contributed by atoms with Crippen molar-refractivity contribution in [2.75, 3.05) is 13.2 Å². The van der Waals surface area contributed by atoms with Crippen LogP contribution in [0.25, 0.3) is 10.9 Å². The van der Waals surface area contributed by atoms with E-state index in [1.165, 1.54) is 5.52 Å². The minimum Gasteiger partial charge on any atom is -0.439 e. The summed E-state index contributed by atoms with van der Waals surface area (Å²) in [5.74, 6) is 1.34. The number of ether oxygens (including phenoxy) is 2. The van der Waals surface area contributed by atoms with Gasteiger partial charge in [0, 0.05) is 56.0 Å². The van der Waals surface area contributed by atoms with E-state index in [-0.39, 0.29) is 0 Å². The maximum absolute atomic E-state index is 5.92. The number of hydrogen-bond acceptors (Lipinski definition) is 5. The number of aromatic nitrogens is 3. The SMILES string of the molecule is Cn1ccc2cc(Oc3cc(CNC4CCOCC4)ncn3)ccc21. The molecule has 3 heterocycles. The predicted molar refractivity (Wildman–Crippen MR) is 95.7 cm³/mol. The zero-order valence-electron chi connectivity index (χ0n) is 14.3. The molecule has 0 saturated carbocycles. The van der Waals surface area contributed by atoms with Gasteiger partial charge in [-0.05, 0) is 37.1 Å². The van der Waals surface area contributed by atoms with E-state index in [9.17, 15) is 0 Å². The van der Waals surface area contributed by atoms with E-state index in [0.29, 0.717) is 18.5 Å². The standard InChI is InChI=1S/C19H22N4O2/c1-23-7-4-14-10-17(2-3-18(14)23)25-19-11-16(21-13-22-19)12-20-15-5-8-24-9-6-15/h2-4,7,10-11,13,15,20H,5-6,8-9,12H2,1H3. The number of nitrogens with one attached hydrogen (secondary N) is 1. The quantitative estimate of drug-likeness (QED) is 0.775. The van der Waals surface area contributed by atoms with E-state index in [0.717, 1.165) is 42.9 Å². The molecule has 1 N–H and O–H groups in total. The molecule has 1 aliphatic rings. The molecule has 3 aromatic rings. The maximum atomic E-state index is 5.92. The van der Waals surface area contributed by atoms with Gasteiger partial charge in [0.05, 0.1) is 5.69 Å². The minimum atomic E-state index is 0.494. The van der Waals surface area contributed by atoms with Crippen LogP contribution < -0.4 is 10.1 Å². The predicted octanol–water partition coefficient (Wildman–Crippen LogP) is 3.03. The molecule has 6 nitrogen and oxygen atoms in total. The number of hydrogen-bond donors (Lipinski definition) is 1. The third-order valence-electron chi connectivity index (χ3n) is 4.57. The van der Waals surface area contributed by atoms with Gasteiger partial charge >= 0.3 is 0 Å². The molecule has 1 saturated heterocycles. The highest BCUT2D eigenvalue weighted by molar-refractivity contribution is 5.81. The van der Waals surface area contributed by atoms with E-state index >= 15 is 0 Å². The van der Waals surface area contributed by atoms with Crippen LogP contribution in [0.5, 0.6) is 11.6 Å². The van der Waals surface area contributed by atoms with Crippen LogP contribution in [0, 0.1) is 0 Å². The van der Waals surface area contributed by atoms with Gasteiger partial charge in [-0.25, -0.2) is 9.97 Å². The van der Waals surface area contributed by atoms with Gasteiger partial charge in [0.2, 0.25) is 5.88 Å². The molecule has 2 aromatic heterocycles. The molecule has 0 spiro atoms. The van der Waals surface area contributed by atoms with Crippen LogP contribution >= 0.6 is 0 Å². The van der Waals surface area contributed by atoms with Gasteiger partial charge in [-0.15, -0.1) is 0 Å². The Morgan fingerprint density at radius 1 is 1.20 bits per heavy atom. The van der Waals surface area contributed by atoms with Crippen LogP contribution in [0.4, 0.5) is 0 Å². The Morgan fingerprint density at radius 2 is 2.08 bits per heavy atom. The van der Waals surface area contributed by atoms with Crippen molar-refractivity contribution in [2.24, 2.45) is 7.05 Å². The molecular formula is C19H22N4O2. The van der Waals surface area contributed by atoms with Crippen LogP contribution in [0.1, 0.15) is 18.5 Å². The summed E-state index contributed by atoms with van der Waals surface area (Å²) in [4.78, 5) is 8.56. The maximum Gasteiger partial charge on any atom is 0.222 e.